The Hall–Kier alpha value is -7.82. The Morgan fingerprint density at radius 2 is 0.862 bits per heavy atom. The van der Waals surface area contributed by atoms with Crippen LogP contribution in [0, 0.1) is 0 Å². The van der Waals surface area contributed by atoms with E-state index in [1.807, 2.05) is 12.1 Å². The maximum absolute atomic E-state index is 6.79. The lowest BCUT2D eigenvalue weighted by atomic mass is 9.88. The molecule has 0 N–H and O–H groups in total. The maximum Gasteiger partial charge on any atom is 0.159 e. The van der Waals surface area contributed by atoms with Crippen LogP contribution in [0.15, 0.2) is 203 Å². The fourth-order valence-electron chi connectivity index (χ4n) is 9.76. The number of benzene rings is 9. The van der Waals surface area contributed by atoms with Crippen molar-refractivity contribution in [3.8, 4) is 33.6 Å². The molecular weight excluding hydrogens is 709 g/mol. The summed E-state index contributed by atoms with van der Waals surface area (Å²) in [5, 5.41) is 9.18. The number of aromatic nitrogens is 2. The first-order valence-electron chi connectivity index (χ1n) is 19.8. The van der Waals surface area contributed by atoms with E-state index in [4.69, 9.17) is 8.83 Å². The standard InChI is InChI=1S/C54H32N2O2/c1-2-15-33(16-3-1)55-45-27-9-5-20-42(45)51-46(55)32-31-37(41-23-13-22-39-35-18-6-10-29-48(35)57-53(39)41)50(51)43-25-12-21-38-34-17-4-8-26-44(34)56(52(38)43)47-28-14-24-40-36-19-7-11-30-49(36)58-54(40)47/h1-32H. The lowest BCUT2D eigenvalue weighted by Gasteiger charge is -2.17. The molecule has 4 aromatic heterocycles. The average molecular weight is 741 g/mol. The monoisotopic (exact) mass is 740 g/mol. The van der Waals surface area contributed by atoms with Gasteiger partial charge in [-0.25, -0.2) is 0 Å². The molecule has 0 fully saturated rings. The van der Waals surface area contributed by atoms with Crippen LogP contribution in [-0.4, -0.2) is 9.13 Å². The van der Waals surface area contributed by atoms with E-state index in [1.165, 1.54) is 21.5 Å². The molecule has 0 saturated carbocycles. The molecule has 0 saturated heterocycles. The van der Waals surface area contributed by atoms with Gasteiger partial charge in [0.15, 0.2) is 5.58 Å². The summed E-state index contributed by atoms with van der Waals surface area (Å²) < 4.78 is 18.4. The maximum atomic E-state index is 6.79. The molecule has 270 valence electrons. The molecule has 4 heteroatoms. The molecule has 0 aliphatic heterocycles. The van der Waals surface area contributed by atoms with Crippen molar-refractivity contribution >= 4 is 87.5 Å². The first-order chi connectivity index (χ1) is 28.8. The van der Waals surface area contributed by atoms with E-state index >= 15 is 0 Å². The molecule has 0 unspecified atom stereocenters. The highest BCUT2D eigenvalue weighted by atomic mass is 16.3. The Morgan fingerprint density at radius 3 is 1.62 bits per heavy atom. The molecule has 58 heavy (non-hydrogen) atoms. The minimum atomic E-state index is 0.868. The number of nitrogens with zero attached hydrogens (tertiary/aromatic N) is 2. The van der Waals surface area contributed by atoms with Gasteiger partial charge in [-0.05, 0) is 54.1 Å². The van der Waals surface area contributed by atoms with Crippen LogP contribution in [0.3, 0.4) is 0 Å². The van der Waals surface area contributed by atoms with E-state index in [-0.39, 0.29) is 0 Å². The van der Waals surface area contributed by atoms with Gasteiger partial charge in [-0.1, -0.05) is 146 Å². The Labute approximate surface area is 332 Å². The first-order valence-corrected chi connectivity index (χ1v) is 19.8. The van der Waals surface area contributed by atoms with Gasteiger partial charge < -0.3 is 18.0 Å². The van der Waals surface area contributed by atoms with E-state index in [0.717, 1.165) is 99.6 Å². The van der Waals surface area contributed by atoms with Gasteiger partial charge in [0.1, 0.15) is 16.7 Å². The van der Waals surface area contributed by atoms with Gasteiger partial charge in [0.05, 0.1) is 27.8 Å². The quantitative estimate of drug-likeness (QED) is 0.180. The third-order valence-electron chi connectivity index (χ3n) is 12.1. The van der Waals surface area contributed by atoms with Crippen molar-refractivity contribution < 1.29 is 8.83 Å². The zero-order valence-corrected chi connectivity index (χ0v) is 31.2. The summed E-state index contributed by atoms with van der Waals surface area (Å²) in [4.78, 5) is 0. The Morgan fingerprint density at radius 1 is 0.310 bits per heavy atom. The highest BCUT2D eigenvalue weighted by Gasteiger charge is 2.26. The summed E-state index contributed by atoms with van der Waals surface area (Å²) in [6.07, 6.45) is 0. The number of para-hydroxylation sites is 8. The van der Waals surface area contributed by atoms with Gasteiger partial charge in [-0.2, -0.15) is 0 Å². The smallest absolute Gasteiger partial charge is 0.159 e. The number of furan rings is 2. The van der Waals surface area contributed by atoms with Gasteiger partial charge in [0.2, 0.25) is 0 Å². The summed E-state index contributed by atoms with van der Waals surface area (Å²) in [6, 6.07) is 69.5. The Bertz CT molecular complexity index is 3800. The van der Waals surface area contributed by atoms with E-state index in [1.54, 1.807) is 0 Å². The van der Waals surface area contributed by atoms with E-state index in [0.29, 0.717) is 0 Å². The van der Waals surface area contributed by atoms with Crippen molar-refractivity contribution in [2.75, 3.05) is 0 Å². The van der Waals surface area contributed by atoms with E-state index in [2.05, 4.69) is 191 Å². The molecule has 0 spiro atoms. The predicted octanol–water partition coefficient (Wildman–Crippen LogP) is 15.0. The van der Waals surface area contributed by atoms with Crippen molar-refractivity contribution in [1.82, 2.24) is 9.13 Å². The molecule has 4 heterocycles. The van der Waals surface area contributed by atoms with Gasteiger partial charge >= 0.3 is 0 Å². The summed E-state index contributed by atoms with van der Waals surface area (Å²) >= 11 is 0. The summed E-state index contributed by atoms with van der Waals surface area (Å²) in [5.74, 6) is 0. The fraction of sp³-hybridized carbons (Fsp3) is 0. The molecule has 0 bridgehead atoms. The lowest BCUT2D eigenvalue weighted by Crippen LogP contribution is -1.98. The largest absolute Gasteiger partial charge is 0.455 e. The Balaban J connectivity index is 1.24. The van der Waals surface area contributed by atoms with Crippen LogP contribution >= 0.6 is 0 Å². The second-order valence-electron chi connectivity index (χ2n) is 15.2. The molecule has 0 atom stereocenters. The molecule has 0 aliphatic carbocycles. The van der Waals surface area contributed by atoms with Crippen LogP contribution in [0.2, 0.25) is 0 Å². The summed E-state index contributed by atoms with van der Waals surface area (Å²) in [7, 11) is 0. The van der Waals surface area contributed by atoms with E-state index in [9.17, 15) is 0 Å². The van der Waals surface area contributed by atoms with Crippen LogP contribution in [0.5, 0.6) is 0 Å². The van der Waals surface area contributed by atoms with Crippen molar-refractivity contribution in [2.45, 2.75) is 0 Å². The number of fused-ring (bicyclic) bond motifs is 12. The summed E-state index contributed by atoms with van der Waals surface area (Å²) in [6.45, 7) is 0. The van der Waals surface area contributed by atoms with Crippen molar-refractivity contribution in [3.05, 3.63) is 194 Å². The first kappa shape index (κ1) is 31.4. The molecule has 0 aliphatic rings. The molecule has 13 aromatic rings. The van der Waals surface area contributed by atoms with Crippen molar-refractivity contribution in [3.63, 3.8) is 0 Å². The highest BCUT2D eigenvalue weighted by molar-refractivity contribution is 6.25. The van der Waals surface area contributed by atoms with Gasteiger partial charge in [-0.15, -0.1) is 0 Å². The highest BCUT2D eigenvalue weighted by Crippen LogP contribution is 2.50. The summed E-state index contributed by atoms with van der Waals surface area (Å²) in [5.41, 5.74) is 14.6. The fourth-order valence-corrected chi connectivity index (χ4v) is 9.76. The number of hydrogen-bond donors (Lipinski definition) is 0. The molecule has 4 nitrogen and oxygen atoms in total. The predicted molar refractivity (Wildman–Crippen MR) is 241 cm³/mol. The number of hydrogen-bond acceptors (Lipinski definition) is 2. The zero-order chi connectivity index (χ0) is 37.9. The average Bonchev–Trinajstić information content (AvgIpc) is 4.04. The van der Waals surface area contributed by atoms with Crippen LogP contribution in [-0.2, 0) is 0 Å². The van der Waals surface area contributed by atoms with Crippen LogP contribution in [0.25, 0.3) is 121 Å². The Kier molecular flexibility index (Phi) is 6.41. The minimum Gasteiger partial charge on any atom is -0.455 e. The van der Waals surface area contributed by atoms with Gasteiger partial charge in [-0.3, -0.25) is 0 Å². The minimum absolute atomic E-state index is 0.868. The van der Waals surface area contributed by atoms with E-state index < -0.39 is 0 Å². The third-order valence-corrected chi connectivity index (χ3v) is 12.1. The van der Waals surface area contributed by atoms with Crippen LogP contribution < -0.4 is 0 Å². The molecular formula is C54H32N2O2. The number of rotatable bonds is 4. The molecule has 0 radical (unpaired) electrons. The normalized spacial score (nSPS) is 12.1. The van der Waals surface area contributed by atoms with Gasteiger partial charge in [0.25, 0.3) is 0 Å². The third kappa shape index (κ3) is 4.23. The molecule has 9 aromatic carbocycles. The lowest BCUT2D eigenvalue weighted by molar-refractivity contribution is 0.666. The van der Waals surface area contributed by atoms with Crippen molar-refractivity contribution in [2.24, 2.45) is 0 Å². The second kappa shape index (κ2) is 11.8. The zero-order valence-electron chi connectivity index (χ0n) is 31.2. The molecule has 0 amide bonds. The topological polar surface area (TPSA) is 36.1 Å². The van der Waals surface area contributed by atoms with Crippen LogP contribution in [0.1, 0.15) is 0 Å². The van der Waals surface area contributed by atoms with Crippen LogP contribution in [0.4, 0.5) is 0 Å². The van der Waals surface area contributed by atoms with Gasteiger partial charge in [0, 0.05) is 65.5 Å². The van der Waals surface area contributed by atoms with Crippen molar-refractivity contribution in [1.29, 1.82) is 0 Å². The molecule has 13 rings (SSSR count). The SMILES string of the molecule is c1ccc(-n2c3ccccc3c3c(-c4cccc5c6ccccc6n(-c6cccc7c6oc6ccccc67)c45)c(-c4cccc5c4oc4ccccc45)ccc32)cc1. The second-order valence-corrected chi connectivity index (χ2v) is 15.2.